The van der Waals surface area contributed by atoms with E-state index in [1.807, 2.05) is 6.07 Å². The minimum Gasteiger partial charge on any atom is -0.228 e. The Morgan fingerprint density at radius 2 is 2.12 bits per heavy atom. The fourth-order valence-electron chi connectivity index (χ4n) is 0.485. The van der Waals surface area contributed by atoms with Crippen LogP contribution in [0.25, 0.3) is 0 Å². The van der Waals surface area contributed by atoms with Gasteiger partial charge in [0.2, 0.25) is 0 Å². The standard InChI is InChI=1S/C6H7S.Li/c1-5-3-4-6(2)7-5;/h3-4H,1H2,2H3;/q-1;+1. The number of hydrogen-bond donors (Lipinski definition) is 0. The number of thiophene rings is 1. The largest absolute Gasteiger partial charge is 1.00 e. The van der Waals surface area contributed by atoms with E-state index in [1.165, 1.54) is 4.88 Å². The van der Waals surface area contributed by atoms with Crippen molar-refractivity contribution in [2.45, 2.75) is 6.92 Å². The van der Waals surface area contributed by atoms with Crippen molar-refractivity contribution in [3.8, 4) is 0 Å². The van der Waals surface area contributed by atoms with E-state index in [4.69, 9.17) is 0 Å². The van der Waals surface area contributed by atoms with Gasteiger partial charge in [-0.05, 0) is 11.8 Å². The van der Waals surface area contributed by atoms with Gasteiger partial charge in [0.05, 0.1) is 0 Å². The van der Waals surface area contributed by atoms with Crippen LogP contribution in [-0.4, -0.2) is 0 Å². The van der Waals surface area contributed by atoms with Crippen LogP contribution >= 0.6 is 11.3 Å². The number of rotatable bonds is 0. The molecule has 1 aromatic heterocycles. The topological polar surface area (TPSA) is 0 Å². The zero-order valence-electron chi connectivity index (χ0n) is 5.27. The molecule has 0 spiro atoms. The molecule has 0 N–H and O–H groups in total. The molecule has 0 fully saturated rings. The van der Waals surface area contributed by atoms with Gasteiger partial charge in [0.1, 0.15) is 0 Å². The molecule has 0 radical (unpaired) electrons. The molecule has 0 bridgehead atoms. The molecule has 0 aliphatic carbocycles. The van der Waals surface area contributed by atoms with Crippen molar-refractivity contribution < 1.29 is 18.9 Å². The maximum atomic E-state index is 3.76. The summed E-state index contributed by atoms with van der Waals surface area (Å²) in [5, 5.41) is 0. The number of hydrogen-bond acceptors (Lipinski definition) is 1. The third-order valence-corrected chi connectivity index (χ3v) is 1.65. The Hall–Kier alpha value is 0.167. The van der Waals surface area contributed by atoms with Crippen molar-refractivity contribution >= 4 is 11.3 Å². The second kappa shape index (κ2) is 3.24. The van der Waals surface area contributed by atoms with Gasteiger partial charge in [-0.3, -0.25) is 0 Å². The summed E-state index contributed by atoms with van der Waals surface area (Å²) >= 11 is 1.73. The van der Waals surface area contributed by atoms with E-state index < -0.39 is 0 Å². The summed E-state index contributed by atoms with van der Waals surface area (Å²) in [4.78, 5) is 2.49. The summed E-state index contributed by atoms with van der Waals surface area (Å²) < 4.78 is 0. The predicted octanol–water partition coefficient (Wildman–Crippen LogP) is -0.757. The van der Waals surface area contributed by atoms with Crippen LogP contribution in [0.3, 0.4) is 0 Å². The summed E-state index contributed by atoms with van der Waals surface area (Å²) in [5.74, 6) is 0. The Bertz CT molecular complexity index is 141. The Morgan fingerprint density at radius 3 is 2.25 bits per heavy atom. The Balaban J connectivity index is 0.000000490. The first-order valence-electron chi connectivity index (χ1n) is 2.17. The van der Waals surface area contributed by atoms with Crippen LogP contribution in [0.1, 0.15) is 9.75 Å². The first-order chi connectivity index (χ1) is 3.29. The average molecular weight is 118 g/mol. The molecule has 0 saturated heterocycles. The second-order valence-electron chi connectivity index (χ2n) is 1.51. The molecular weight excluding hydrogens is 111 g/mol. The van der Waals surface area contributed by atoms with Gasteiger partial charge in [0.15, 0.2) is 0 Å². The fraction of sp³-hybridized carbons (Fsp3) is 0.167. The molecule has 0 aromatic carbocycles. The number of aryl methyl sites for hydroxylation is 1. The molecule has 8 heavy (non-hydrogen) atoms. The first-order valence-corrected chi connectivity index (χ1v) is 2.99. The molecule has 0 saturated carbocycles. The molecule has 0 amide bonds. The van der Waals surface area contributed by atoms with E-state index in [0.29, 0.717) is 0 Å². The molecule has 0 aliphatic heterocycles. The molecule has 1 aromatic rings. The predicted molar refractivity (Wildman–Crippen MR) is 33.5 cm³/mol. The van der Waals surface area contributed by atoms with E-state index in [0.717, 1.165) is 4.88 Å². The Kier molecular flexibility index (Phi) is 3.31. The first kappa shape index (κ1) is 8.17. The summed E-state index contributed by atoms with van der Waals surface area (Å²) in [6.07, 6.45) is 0. The van der Waals surface area contributed by atoms with Gasteiger partial charge in [0, 0.05) is 0 Å². The Labute approximate surface area is 66.1 Å². The zero-order valence-corrected chi connectivity index (χ0v) is 6.09. The minimum absolute atomic E-state index is 0. The summed E-state index contributed by atoms with van der Waals surface area (Å²) in [7, 11) is 0. The van der Waals surface area contributed by atoms with Crippen molar-refractivity contribution in [1.82, 2.24) is 0 Å². The van der Waals surface area contributed by atoms with E-state index in [-0.39, 0.29) is 18.9 Å². The molecule has 38 valence electrons. The SMILES string of the molecule is [CH2-]c1ccc(C)s1.[Li+]. The van der Waals surface area contributed by atoms with Crippen molar-refractivity contribution in [3.63, 3.8) is 0 Å². The van der Waals surface area contributed by atoms with E-state index in [2.05, 4.69) is 19.9 Å². The van der Waals surface area contributed by atoms with Gasteiger partial charge in [-0.1, -0.05) is 0 Å². The van der Waals surface area contributed by atoms with Crippen molar-refractivity contribution in [2.75, 3.05) is 0 Å². The van der Waals surface area contributed by atoms with E-state index >= 15 is 0 Å². The quantitative estimate of drug-likeness (QED) is 0.310. The van der Waals surface area contributed by atoms with Crippen LogP contribution in [0.4, 0.5) is 0 Å². The van der Waals surface area contributed by atoms with Gasteiger partial charge < -0.3 is 0 Å². The summed E-state index contributed by atoms with van der Waals surface area (Å²) in [5.41, 5.74) is 0. The maximum absolute atomic E-state index is 3.76. The van der Waals surface area contributed by atoms with Crippen molar-refractivity contribution in [1.29, 1.82) is 0 Å². The van der Waals surface area contributed by atoms with Crippen LogP contribution in [0.15, 0.2) is 12.1 Å². The molecule has 0 unspecified atom stereocenters. The van der Waals surface area contributed by atoms with Gasteiger partial charge in [-0.25, -0.2) is 6.92 Å². The smallest absolute Gasteiger partial charge is 0.228 e. The minimum atomic E-state index is 0. The average Bonchev–Trinajstić information content (AvgIpc) is 1.87. The van der Waals surface area contributed by atoms with Crippen LogP contribution < -0.4 is 18.9 Å². The summed E-state index contributed by atoms with van der Waals surface area (Å²) in [6, 6.07) is 4.10. The van der Waals surface area contributed by atoms with E-state index in [1.54, 1.807) is 11.3 Å². The molecule has 2 heteroatoms. The van der Waals surface area contributed by atoms with Crippen LogP contribution in [0, 0.1) is 13.8 Å². The van der Waals surface area contributed by atoms with Gasteiger partial charge in [-0.2, -0.15) is 17.4 Å². The summed E-state index contributed by atoms with van der Waals surface area (Å²) in [6.45, 7) is 5.84. The van der Waals surface area contributed by atoms with Crippen molar-refractivity contribution in [3.05, 3.63) is 28.8 Å². The normalized spacial score (nSPS) is 8.12. The molecule has 0 aliphatic rings. The van der Waals surface area contributed by atoms with Gasteiger partial charge in [0.25, 0.3) is 0 Å². The third-order valence-electron chi connectivity index (χ3n) is 0.796. The molecule has 0 atom stereocenters. The van der Waals surface area contributed by atoms with Gasteiger partial charge in [-0.15, -0.1) is 10.9 Å². The zero-order chi connectivity index (χ0) is 5.28. The fourth-order valence-corrected chi connectivity index (χ4v) is 1.17. The van der Waals surface area contributed by atoms with Crippen LogP contribution in [0.2, 0.25) is 0 Å². The van der Waals surface area contributed by atoms with Gasteiger partial charge >= 0.3 is 18.9 Å². The maximum Gasteiger partial charge on any atom is 1.00 e. The van der Waals surface area contributed by atoms with Crippen molar-refractivity contribution in [2.24, 2.45) is 0 Å². The molecular formula is C6H7LiS. The molecule has 0 nitrogen and oxygen atoms in total. The Morgan fingerprint density at radius 1 is 1.50 bits per heavy atom. The van der Waals surface area contributed by atoms with E-state index in [9.17, 15) is 0 Å². The van der Waals surface area contributed by atoms with Crippen LogP contribution in [-0.2, 0) is 0 Å². The monoisotopic (exact) mass is 118 g/mol. The molecule has 1 heterocycles. The molecule has 1 rings (SSSR count). The van der Waals surface area contributed by atoms with Crippen LogP contribution in [0.5, 0.6) is 0 Å². The second-order valence-corrected chi connectivity index (χ2v) is 2.88. The third kappa shape index (κ3) is 1.96.